The van der Waals surface area contributed by atoms with E-state index in [2.05, 4.69) is 15.5 Å². The first-order chi connectivity index (χ1) is 13.6. The Kier molecular flexibility index (Phi) is 7.14. The molecule has 1 aliphatic carbocycles. The summed E-state index contributed by atoms with van der Waals surface area (Å²) in [5, 5.41) is 5.87. The summed E-state index contributed by atoms with van der Waals surface area (Å²) in [6, 6.07) is 5.83. The van der Waals surface area contributed by atoms with Gasteiger partial charge >= 0.3 is 0 Å². The summed E-state index contributed by atoms with van der Waals surface area (Å²) in [6.45, 7) is 2.03. The van der Waals surface area contributed by atoms with E-state index in [9.17, 15) is 9.59 Å². The Labute approximate surface area is 166 Å². The molecule has 154 valence electrons. The number of benzene rings is 1. The van der Waals surface area contributed by atoms with Crippen LogP contribution < -0.4 is 20.1 Å². The molecule has 2 N–H and O–H groups in total. The highest BCUT2D eigenvalue weighted by atomic mass is 16.5. The average molecular weight is 389 g/mol. The van der Waals surface area contributed by atoms with Crippen LogP contribution in [0.25, 0.3) is 0 Å². The highest BCUT2D eigenvalue weighted by Gasteiger charge is 2.36. The Morgan fingerprint density at radius 2 is 1.96 bits per heavy atom. The Morgan fingerprint density at radius 1 is 1.21 bits per heavy atom. The van der Waals surface area contributed by atoms with E-state index >= 15 is 0 Å². The molecule has 7 heteroatoms. The third kappa shape index (κ3) is 4.95. The molecule has 2 amide bonds. The number of nitrogens with one attached hydrogen (secondary N) is 2. The minimum atomic E-state index is -0.349. The van der Waals surface area contributed by atoms with Crippen LogP contribution in [0.2, 0.25) is 0 Å². The van der Waals surface area contributed by atoms with Crippen molar-refractivity contribution < 1.29 is 19.1 Å². The standard InChI is InChI=1S/C21H31N3O4/c1-27-18-8-7-15(13-19(18)28-2)9-10-22-20(25)14-17-21(26)23-11-12-24(17)16-5-3-4-6-16/h7-8,13,16-17H,3-6,9-12,14H2,1-2H3,(H,22,25)(H,23,26). The smallest absolute Gasteiger partial charge is 0.237 e. The number of methoxy groups -OCH3 is 2. The topological polar surface area (TPSA) is 79.9 Å². The number of carbonyl (C=O) groups is 2. The number of amides is 2. The molecule has 2 aliphatic rings. The molecule has 2 fully saturated rings. The average Bonchev–Trinajstić information content (AvgIpc) is 3.24. The van der Waals surface area contributed by atoms with E-state index in [0.717, 1.165) is 24.9 Å². The Balaban J connectivity index is 1.51. The lowest BCUT2D eigenvalue weighted by Gasteiger charge is -2.38. The van der Waals surface area contributed by atoms with Crippen molar-refractivity contribution in [1.82, 2.24) is 15.5 Å². The second-order valence-electron chi connectivity index (χ2n) is 7.48. The van der Waals surface area contributed by atoms with Gasteiger partial charge in [-0.1, -0.05) is 18.9 Å². The fraction of sp³-hybridized carbons (Fsp3) is 0.619. The number of carbonyl (C=O) groups excluding carboxylic acids is 2. The van der Waals surface area contributed by atoms with Crippen molar-refractivity contribution in [3.63, 3.8) is 0 Å². The monoisotopic (exact) mass is 389 g/mol. The lowest BCUT2D eigenvalue weighted by molar-refractivity contribution is -0.135. The fourth-order valence-electron chi connectivity index (χ4n) is 4.25. The van der Waals surface area contributed by atoms with Crippen LogP contribution in [0, 0.1) is 0 Å². The maximum atomic E-state index is 12.5. The molecule has 7 nitrogen and oxygen atoms in total. The second kappa shape index (κ2) is 9.78. The minimum absolute atomic E-state index is 0.0202. The van der Waals surface area contributed by atoms with Crippen LogP contribution in [0.4, 0.5) is 0 Å². The quantitative estimate of drug-likeness (QED) is 0.704. The lowest BCUT2D eigenvalue weighted by Crippen LogP contribution is -2.59. The van der Waals surface area contributed by atoms with Gasteiger partial charge in [-0.05, 0) is 37.0 Å². The summed E-state index contributed by atoms with van der Waals surface area (Å²) in [6.07, 6.45) is 5.60. The van der Waals surface area contributed by atoms with Gasteiger partial charge in [-0.25, -0.2) is 0 Å². The molecule has 1 unspecified atom stereocenters. The number of rotatable bonds is 8. The first-order valence-corrected chi connectivity index (χ1v) is 10.1. The zero-order valence-electron chi connectivity index (χ0n) is 16.8. The maximum Gasteiger partial charge on any atom is 0.237 e. The van der Waals surface area contributed by atoms with E-state index < -0.39 is 0 Å². The highest BCUT2D eigenvalue weighted by molar-refractivity contribution is 5.88. The molecular weight excluding hydrogens is 358 g/mol. The van der Waals surface area contributed by atoms with Gasteiger partial charge in [-0.2, -0.15) is 0 Å². The summed E-state index contributed by atoms with van der Waals surface area (Å²) in [5.74, 6) is 1.27. The summed E-state index contributed by atoms with van der Waals surface area (Å²) in [5.41, 5.74) is 1.06. The number of nitrogens with zero attached hydrogens (tertiary/aromatic N) is 1. The first kappa shape index (κ1) is 20.5. The van der Waals surface area contributed by atoms with Crippen LogP contribution in [0.3, 0.4) is 0 Å². The van der Waals surface area contributed by atoms with Gasteiger partial charge in [-0.15, -0.1) is 0 Å². The zero-order chi connectivity index (χ0) is 19.9. The summed E-state index contributed by atoms with van der Waals surface area (Å²) < 4.78 is 10.6. The molecule has 1 aromatic carbocycles. The molecule has 1 aromatic rings. The van der Waals surface area contributed by atoms with Crippen molar-refractivity contribution in [2.24, 2.45) is 0 Å². The Morgan fingerprint density at radius 3 is 2.68 bits per heavy atom. The number of ether oxygens (including phenoxy) is 2. The van der Waals surface area contributed by atoms with Crippen molar-refractivity contribution in [3.05, 3.63) is 23.8 Å². The number of hydrogen-bond donors (Lipinski definition) is 2. The normalized spacial score (nSPS) is 20.6. The molecule has 28 heavy (non-hydrogen) atoms. The van der Waals surface area contributed by atoms with Gasteiger partial charge in [0.2, 0.25) is 11.8 Å². The van der Waals surface area contributed by atoms with E-state index in [1.54, 1.807) is 14.2 Å². The summed E-state index contributed by atoms with van der Waals surface area (Å²) in [4.78, 5) is 27.1. The largest absolute Gasteiger partial charge is 0.493 e. The number of hydrogen-bond acceptors (Lipinski definition) is 5. The third-order valence-electron chi connectivity index (χ3n) is 5.73. The van der Waals surface area contributed by atoms with Gasteiger partial charge in [0.15, 0.2) is 11.5 Å². The lowest BCUT2D eigenvalue weighted by atomic mass is 10.0. The molecule has 1 heterocycles. The van der Waals surface area contributed by atoms with Crippen LogP contribution in [0.1, 0.15) is 37.7 Å². The predicted octanol–water partition coefficient (Wildman–Crippen LogP) is 1.50. The van der Waals surface area contributed by atoms with Crippen LogP contribution in [-0.2, 0) is 16.0 Å². The van der Waals surface area contributed by atoms with Crippen molar-refractivity contribution in [3.8, 4) is 11.5 Å². The van der Waals surface area contributed by atoms with Crippen LogP contribution in [-0.4, -0.2) is 62.7 Å². The van der Waals surface area contributed by atoms with Crippen LogP contribution in [0.5, 0.6) is 11.5 Å². The maximum absolute atomic E-state index is 12.5. The molecular formula is C21H31N3O4. The first-order valence-electron chi connectivity index (χ1n) is 10.1. The van der Waals surface area contributed by atoms with Crippen molar-refractivity contribution >= 4 is 11.8 Å². The third-order valence-corrected chi connectivity index (χ3v) is 5.73. The number of piperazine rings is 1. The molecule has 1 atom stereocenters. The molecule has 0 aromatic heterocycles. The molecule has 3 rings (SSSR count). The Bertz CT molecular complexity index is 688. The molecule has 0 bridgehead atoms. The van der Waals surface area contributed by atoms with Gasteiger partial charge in [0.1, 0.15) is 0 Å². The summed E-state index contributed by atoms with van der Waals surface area (Å²) >= 11 is 0. The van der Waals surface area contributed by atoms with Crippen LogP contribution >= 0.6 is 0 Å². The van der Waals surface area contributed by atoms with Gasteiger partial charge < -0.3 is 20.1 Å². The molecule has 1 aliphatic heterocycles. The predicted molar refractivity (Wildman–Crippen MR) is 107 cm³/mol. The van der Waals surface area contributed by atoms with Gasteiger partial charge in [-0.3, -0.25) is 14.5 Å². The summed E-state index contributed by atoms with van der Waals surface area (Å²) in [7, 11) is 3.21. The molecule has 1 saturated heterocycles. The second-order valence-corrected chi connectivity index (χ2v) is 7.48. The van der Waals surface area contributed by atoms with E-state index in [-0.39, 0.29) is 24.3 Å². The van der Waals surface area contributed by atoms with Crippen molar-refractivity contribution in [2.45, 2.75) is 50.6 Å². The van der Waals surface area contributed by atoms with E-state index in [1.807, 2.05) is 18.2 Å². The fourth-order valence-corrected chi connectivity index (χ4v) is 4.25. The molecule has 1 saturated carbocycles. The van der Waals surface area contributed by atoms with Gasteiger partial charge in [0.05, 0.1) is 26.7 Å². The Hall–Kier alpha value is -2.28. The van der Waals surface area contributed by atoms with E-state index in [4.69, 9.17) is 9.47 Å². The van der Waals surface area contributed by atoms with E-state index in [1.165, 1.54) is 12.8 Å². The SMILES string of the molecule is COc1ccc(CCNC(=O)CC2C(=O)NCCN2C2CCCC2)cc1OC. The highest BCUT2D eigenvalue weighted by Crippen LogP contribution is 2.28. The van der Waals surface area contributed by atoms with Crippen molar-refractivity contribution in [2.75, 3.05) is 33.9 Å². The molecule has 0 radical (unpaired) electrons. The van der Waals surface area contributed by atoms with Crippen molar-refractivity contribution in [1.29, 1.82) is 0 Å². The molecule has 0 spiro atoms. The zero-order valence-corrected chi connectivity index (χ0v) is 16.8. The van der Waals surface area contributed by atoms with Gasteiger partial charge in [0.25, 0.3) is 0 Å². The minimum Gasteiger partial charge on any atom is -0.493 e. The van der Waals surface area contributed by atoms with Gasteiger partial charge in [0, 0.05) is 25.7 Å². The van der Waals surface area contributed by atoms with E-state index in [0.29, 0.717) is 37.1 Å². The van der Waals surface area contributed by atoms with Crippen LogP contribution in [0.15, 0.2) is 18.2 Å².